The lowest BCUT2D eigenvalue weighted by molar-refractivity contribution is 0.268. The Labute approximate surface area is 94.8 Å². The zero-order valence-electron chi connectivity index (χ0n) is 10.1. The quantitative estimate of drug-likeness (QED) is 0.652. The Morgan fingerprint density at radius 1 is 0.533 bits per heavy atom. The molecule has 1 nitrogen and oxygen atoms in total. The molecule has 2 fully saturated rings. The molecule has 2 rings (SSSR count). The van der Waals surface area contributed by atoms with E-state index in [-0.39, 0.29) is 0 Å². The molecule has 1 unspecified atom stereocenters. The molecule has 0 amide bonds. The van der Waals surface area contributed by atoms with Gasteiger partial charge in [-0.2, -0.15) is 0 Å². The van der Waals surface area contributed by atoms with Gasteiger partial charge in [-0.15, -0.1) is 0 Å². The van der Waals surface area contributed by atoms with Gasteiger partial charge in [0.2, 0.25) is 0 Å². The van der Waals surface area contributed by atoms with Crippen LogP contribution in [0.2, 0.25) is 0 Å². The third-order valence-corrected chi connectivity index (χ3v) is 4.62. The smallest absolute Gasteiger partial charge is 0.00389 e. The van der Waals surface area contributed by atoms with Gasteiger partial charge in [0.25, 0.3) is 0 Å². The molecule has 0 spiro atoms. The summed E-state index contributed by atoms with van der Waals surface area (Å²) in [5.41, 5.74) is 6.06. The van der Waals surface area contributed by atoms with Gasteiger partial charge in [0.05, 0.1) is 0 Å². The van der Waals surface area contributed by atoms with Crippen molar-refractivity contribution in [2.45, 2.75) is 76.7 Å². The van der Waals surface area contributed by atoms with Crippen molar-refractivity contribution in [3.8, 4) is 0 Å². The SMILES string of the molecule is N[C@@H]1CCCC(C2CCCCCC2)CC1. The molecule has 2 aliphatic carbocycles. The monoisotopic (exact) mass is 209 g/mol. The third-order valence-electron chi connectivity index (χ3n) is 4.62. The first-order valence-electron chi connectivity index (χ1n) is 7.12. The zero-order chi connectivity index (χ0) is 10.5. The van der Waals surface area contributed by atoms with Gasteiger partial charge in [-0.25, -0.2) is 0 Å². The molecular formula is C14H27N. The first kappa shape index (κ1) is 11.4. The molecule has 0 heterocycles. The molecule has 0 aromatic carbocycles. The summed E-state index contributed by atoms with van der Waals surface area (Å²) in [5.74, 6) is 2.08. The van der Waals surface area contributed by atoms with E-state index in [9.17, 15) is 0 Å². The highest BCUT2D eigenvalue weighted by atomic mass is 14.6. The van der Waals surface area contributed by atoms with Crippen molar-refractivity contribution < 1.29 is 0 Å². The second-order valence-corrected chi connectivity index (χ2v) is 5.78. The minimum atomic E-state index is 0.515. The molecule has 0 saturated heterocycles. The molecule has 0 radical (unpaired) electrons. The van der Waals surface area contributed by atoms with E-state index in [0.717, 1.165) is 11.8 Å². The van der Waals surface area contributed by atoms with Crippen LogP contribution in [0.5, 0.6) is 0 Å². The summed E-state index contributed by atoms with van der Waals surface area (Å²) in [6.45, 7) is 0. The second-order valence-electron chi connectivity index (χ2n) is 5.78. The predicted octanol–water partition coefficient (Wildman–Crippen LogP) is 3.86. The van der Waals surface area contributed by atoms with Crippen molar-refractivity contribution in [3.05, 3.63) is 0 Å². The highest BCUT2D eigenvalue weighted by Crippen LogP contribution is 2.36. The lowest BCUT2D eigenvalue weighted by Crippen LogP contribution is -2.19. The maximum atomic E-state index is 6.06. The van der Waals surface area contributed by atoms with Gasteiger partial charge in [0.1, 0.15) is 0 Å². The number of nitrogens with two attached hydrogens (primary N) is 1. The zero-order valence-corrected chi connectivity index (χ0v) is 10.1. The fraction of sp³-hybridized carbons (Fsp3) is 1.00. The molecule has 1 heteroatoms. The summed E-state index contributed by atoms with van der Waals surface area (Å²) in [6, 6.07) is 0.515. The summed E-state index contributed by atoms with van der Waals surface area (Å²) < 4.78 is 0. The lowest BCUT2D eigenvalue weighted by Gasteiger charge is -2.24. The molecular weight excluding hydrogens is 182 g/mol. The van der Waals surface area contributed by atoms with Crippen molar-refractivity contribution in [1.82, 2.24) is 0 Å². The maximum absolute atomic E-state index is 6.06. The van der Waals surface area contributed by atoms with Gasteiger partial charge >= 0.3 is 0 Å². The first-order chi connectivity index (χ1) is 7.36. The molecule has 2 saturated carbocycles. The normalized spacial score (nSPS) is 35.8. The molecule has 0 aliphatic heterocycles. The molecule has 0 aromatic rings. The van der Waals surface area contributed by atoms with Crippen LogP contribution in [0.1, 0.15) is 70.6 Å². The summed E-state index contributed by atoms with van der Waals surface area (Å²) in [4.78, 5) is 0. The van der Waals surface area contributed by atoms with E-state index < -0.39 is 0 Å². The maximum Gasteiger partial charge on any atom is 0.00389 e. The molecule has 2 atom stereocenters. The third kappa shape index (κ3) is 3.48. The van der Waals surface area contributed by atoms with Crippen molar-refractivity contribution in [3.63, 3.8) is 0 Å². The summed E-state index contributed by atoms with van der Waals surface area (Å²) in [5, 5.41) is 0. The highest BCUT2D eigenvalue weighted by Gasteiger charge is 2.24. The van der Waals surface area contributed by atoms with E-state index in [0.29, 0.717) is 6.04 Å². The van der Waals surface area contributed by atoms with Crippen LogP contribution in [0, 0.1) is 11.8 Å². The minimum absolute atomic E-state index is 0.515. The Morgan fingerprint density at radius 3 is 1.87 bits per heavy atom. The Morgan fingerprint density at radius 2 is 1.13 bits per heavy atom. The topological polar surface area (TPSA) is 26.0 Å². The van der Waals surface area contributed by atoms with Crippen molar-refractivity contribution in [1.29, 1.82) is 0 Å². The van der Waals surface area contributed by atoms with Crippen LogP contribution in [0.25, 0.3) is 0 Å². The number of hydrogen-bond donors (Lipinski definition) is 1. The molecule has 0 aromatic heterocycles. The van der Waals surface area contributed by atoms with E-state index in [1.807, 2.05) is 0 Å². The Balaban J connectivity index is 1.84. The van der Waals surface area contributed by atoms with Crippen molar-refractivity contribution in [2.75, 3.05) is 0 Å². The highest BCUT2D eigenvalue weighted by molar-refractivity contribution is 4.78. The standard InChI is InChI=1S/C14H27N/c15-14-9-5-8-13(10-11-14)12-6-3-1-2-4-7-12/h12-14H,1-11,15H2/t13?,14-/m1/s1. The molecule has 88 valence electrons. The van der Waals surface area contributed by atoms with Gasteiger partial charge in [-0.05, 0) is 31.1 Å². The number of hydrogen-bond acceptors (Lipinski definition) is 1. The van der Waals surface area contributed by atoms with Crippen molar-refractivity contribution in [2.24, 2.45) is 17.6 Å². The van der Waals surface area contributed by atoms with Gasteiger partial charge in [0.15, 0.2) is 0 Å². The Bertz CT molecular complexity index is 170. The van der Waals surface area contributed by atoms with Crippen molar-refractivity contribution >= 4 is 0 Å². The van der Waals surface area contributed by atoms with E-state index in [4.69, 9.17) is 5.73 Å². The fourth-order valence-electron chi connectivity index (χ4n) is 3.61. The van der Waals surface area contributed by atoms with Crippen LogP contribution in [-0.2, 0) is 0 Å². The van der Waals surface area contributed by atoms with E-state index in [1.54, 1.807) is 0 Å². The predicted molar refractivity (Wildman–Crippen MR) is 65.7 cm³/mol. The van der Waals surface area contributed by atoms with E-state index in [2.05, 4.69) is 0 Å². The van der Waals surface area contributed by atoms with E-state index >= 15 is 0 Å². The molecule has 0 bridgehead atoms. The Hall–Kier alpha value is -0.0400. The van der Waals surface area contributed by atoms with Gasteiger partial charge in [0, 0.05) is 6.04 Å². The summed E-state index contributed by atoms with van der Waals surface area (Å²) in [7, 11) is 0. The van der Waals surface area contributed by atoms with Crippen LogP contribution < -0.4 is 5.73 Å². The van der Waals surface area contributed by atoms with Gasteiger partial charge in [-0.3, -0.25) is 0 Å². The second kappa shape index (κ2) is 5.89. The summed E-state index contributed by atoms with van der Waals surface area (Å²) in [6.07, 6.45) is 15.8. The molecule has 2 N–H and O–H groups in total. The van der Waals surface area contributed by atoms with Crippen LogP contribution in [0.15, 0.2) is 0 Å². The van der Waals surface area contributed by atoms with Gasteiger partial charge in [-0.1, -0.05) is 51.4 Å². The van der Waals surface area contributed by atoms with Crippen LogP contribution >= 0.6 is 0 Å². The van der Waals surface area contributed by atoms with Crippen LogP contribution in [0.4, 0.5) is 0 Å². The first-order valence-corrected chi connectivity index (χ1v) is 7.12. The average Bonchev–Trinajstić information content (AvgIpc) is 2.59. The number of rotatable bonds is 1. The van der Waals surface area contributed by atoms with Crippen LogP contribution in [0.3, 0.4) is 0 Å². The average molecular weight is 209 g/mol. The van der Waals surface area contributed by atoms with E-state index in [1.165, 1.54) is 70.6 Å². The lowest BCUT2D eigenvalue weighted by atomic mass is 9.81. The van der Waals surface area contributed by atoms with Gasteiger partial charge < -0.3 is 5.73 Å². The molecule has 2 aliphatic rings. The minimum Gasteiger partial charge on any atom is -0.328 e. The Kier molecular flexibility index (Phi) is 4.49. The summed E-state index contributed by atoms with van der Waals surface area (Å²) >= 11 is 0. The fourth-order valence-corrected chi connectivity index (χ4v) is 3.61. The van der Waals surface area contributed by atoms with Crippen LogP contribution in [-0.4, -0.2) is 6.04 Å². The largest absolute Gasteiger partial charge is 0.328 e. The molecule has 15 heavy (non-hydrogen) atoms.